The van der Waals surface area contributed by atoms with Crippen molar-refractivity contribution >= 4 is 0 Å². The fraction of sp³-hybridized carbons (Fsp3) is 1.00. The van der Waals surface area contributed by atoms with Gasteiger partial charge in [0.2, 0.25) is 0 Å². The van der Waals surface area contributed by atoms with Gasteiger partial charge in [-0.15, -0.1) is 0 Å². The third-order valence-electron chi connectivity index (χ3n) is 2.19. The zero-order valence-electron chi connectivity index (χ0n) is 11.1. The van der Waals surface area contributed by atoms with Crippen molar-refractivity contribution in [3.63, 3.8) is 0 Å². The molecule has 0 aliphatic carbocycles. The molecule has 1 atom stereocenters. The monoisotopic (exact) mass is 189 g/mol. The third-order valence-corrected chi connectivity index (χ3v) is 2.19. The van der Waals surface area contributed by atoms with Crippen LogP contribution in [0.2, 0.25) is 0 Å². The van der Waals surface area contributed by atoms with Crippen molar-refractivity contribution in [2.45, 2.75) is 73.3 Å². The fourth-order valence-corrected chi connectivity index (χ4v) is 1.03. The molecule has 0 heterocycles. The van der Waals surface area contributed by atoms with E-state index < -0.39 is 0 Å². The maximum absolute atomic E-state index is 3.33. The van der Waals surface area contributed by atoms with Crippen molar-refractivity contribution in [1.29, 1.82) is 0 Å². The van der Waals surface area contributed by atoms with Crippen LogP contribution in [0.4, 0.5) is 0 Å². The van der Waals surface area contributed by atoms with Gasteiger partial charge >= 0.3 is 0 Å². The highest BCUT2D eigenvalue weighted by molar-refractivity contribution is 4.78. The van der Waals surface area contributed by atoms with E-state index in [1.54, 1.807) is 0 Å². The molecule has 0 rings (SSSR count). The molecular formula is C12H31N. The second-order valence-electron chi connectivity index (χ2n) is 2.91. The molecule has 0 spiro atoms. The van der Waals surface area contributed by atoms with E-state index in [-0.39, 0.29) is 0 Å². The highest BCUT2D eigenvalue weighted by Gasteiger charge is 2.16. The second-order valence-corrected chi connectivity index (χ2v) is 2.91. The van der Waals surface area contributed by atoms with Crippen LogP contribution >= 0.6 is 0 Å². The Labute approximate surface area is 86.3 Å². The molecule has 0 aliphatic rings. The van der Waals surface area contributed by atoms with E-state index in [0.717, 1.165) is 0 Å². The normalized spacial score (nSPS) is 12.9. The predicted octanol–water partition coefficient (Wildman–Crippen LogP) is 4.23. The van der Waals surface area contributed by atoms with E-state index in [9.17, 15) is 0 Å². The van der Waals surface area contributed by atoms with E-state index in [2.05, 4.69) is 26.1 Å². The predicted molar refractivity (Wildman–Crippen MR) is 65.4 cm³/mol. The zero-order chi connectivity index (χ0) is 11.3. The van der Waals surface area contributed by atoms with Gasteiger partial charge in [-0.05, 0) is 26.8 Å². The summed E-state index contributed by atoms with van der Waals surface area (Å²) < 4.78 is 0. The summed E-state index contributed by atoms with van der Waals surface area (Å²) in [7, 11) is 2.04. The maximum atomic E-state index is 3.33. The first-order chi connectivity index (χ1) is 6.18. The van der Waals surface area contributed by atoms with E-state index in [0.29, 0.717) is 5.54 Å². The van der Waals surface area contributed by atoms with Crippen molar-refractivity contribution in [1.82, 2.24) is 5.32 Å². The Morgan fingerprint density at radius 3 is 1.46 bits per heavy atom. The molecule has 0 saturated carbocycles. The molecule has 0 bridgehead atoms. The van der Waals surface area contributed by atoms with Gasteiger partial charge in [0.25, 0.3) is 0 Å². The van der Waals surface area contributed by atoms with Crippen LogP contribution in [-0.4, -0.2) is 12.6 Å². The van der Waals surface area contributed by atoms with Crippen molar-refractivity contribution in [2.75, 3.05) is 7.05 Å². The van der Waals surface area contributed by atoms with Gasteiger partial charge in [-0.2, -0.15) is 0 Å². The Morgan fingerprint density at radius 2 is 1.38 bits per heavy atom. The lowest BCUT2D eigenvalue weighted by molar-refractivity contribution is 0.342. The van der Waals surface area contributed by atoms with Crippen LogP contribution in [0.5, 0.6) is 0 Å². The van der Waals surface area contributed by atoms with Crippen LogP contribution in [0.3, 0.4) is 0 Å². The first-order valence-electron chi connectivity index (χ1n) is 5.87. The summed E-state index contributed by atoms with van der Waals surface area (Å²) in [6.07, 6.45) is 3.77. The lowest BCUT2D eigenvalue weighted by atomic mass is 9.94. The van der Waals surface area contributed by atoms with Crippen molar-refractivity contribution < 1.29 is 0 Å². The standard InChI is InChI=1S/C8H19N.2C2H6/c1-5-7-8(3,6-2)9-4;2*1-2/h9H,5-7H2,1-4H3;2*1-2H3. The lowest BCUT2D eigenvalue weighted by Crippen LogP contribution is -2.38. The largest absolute Gasteiger partial charge is 0.315 e. The van der Waals surface area contributed by atoms with Crippen molar-refractivity contribution in [2.24, 2.45) is 0 Å². The quantitative estimate of drug-likeness (QED) is 0.698. The summed E-state index contributed by atoms with van der Waals surface area (Å²) in [5, 5.41) is 3.33. The fourth-order valence-electron chi connectivity index (χ4n) is 1.03. The minimum atomic E-state index is 0.384. The Hall–Kier alpha value is -0.0400. The molecule has 1 nitrogen and oxygen atoms in total. The Bertz CT molecular complexity index is 65.5. The summed E-state index contributed by atoms with van der Waals surface area (Å²) in [5.41, 5.74) is 0.384. The summed E-state index contributed by atoms with van der Waals surface area (Å²) in [5.74, 6) is 0. The van der Waals surface area contributed by atoms with Gasteiger partial charge in [0.05, 0.1) is 0 Å². The number of hydrogen-bond donors (Lipinski definition) is 1. The maximum Gasteiger partial charge on any atom is 0.0147 e. The Kier molecular flexibility index (Phi) is 20.8. The molecular weight excluding hydrogens is 158 g/mol. The molecule has 84 valence electrons. The average Bonchev–Trinajstić information content (AvgIpc) is 2.24. The molecule has 1 heteroatoms. The molecule has 0 amide bonds. The SMILES string of the molecule is CC.CC.CCCC(C)(CC)NC. The first-order valence-corrected chi connectivity index (χ1v) is 5.87. The minimum absolute atomic E-state index is 0.384. The summed E-state index contributed by atoms with van der Waals surface area (Å²) in [6.45, 7) is 14.7. The Balaban J connectivity index is -0.000000218. The van der Waals surface area contributed by atoms with Gasteiger partial charge in [-0.3, -0.25) is 0 Å². The van der Waals surface area contributed by atoms with E-state index >= 15 is 0 Å². The molecule has 0 aliphatic heterocycles. The summed E-state index contributed by atoms with van der Waals surface area (Å²) in [4.78, 5) is 0. The number of nitrogens with one attached hydrogen (secondary N) is 1. The zero-order valence-corrected chi connectivity index (χ0v) is 11.1. The van der Waals surface area contributed by atoms with Crippen LogP contribution < -0.4 is 5.32 Å². The number of hydrogen-bond acceptors (Lipinski definition) is 1. The van der Waals surface area contributed by atoms with Crippen molar-refractivity contribution in [3.8, 4) is 0 Å². The van der Waals surface area contributed by atoms with Crippen LogP contribution in [0.15, 0.2) is 0 Å². The van der Waals surface area contributed by atoms with E-state index in [4.69, 9.17) is 0 Å². The van der Waals surface area contributed by atoms with Gasteiger partial charge in [0, 0.05) is 5.54 Å². The third kappa shape index (κ3) is 12.0. The summed E-state index contributed by atoms with van der Waals surface area (Å²) >= 11 is 0. The van der Waals surface area contributed by atoms with E-state index in [1.165, 1.54) is 19.3 Å². The topological polar surface area (TPSA) is 12.0 Å². The second kappa shape index (κ2) is 14.5. The minimum Gasteiger partial charge on any atom is -0.315 e. The molecule has 1 N–H and O–H groups in total. The molecule has 0 aromatic rings. The van der Waals surface area contributed by atoms with Crippen LogP contribution in [-0.2, 0) is 0 Å². The number of rotatable bonds is 4. The average molecular weight is 189 g/mol. The molecule has 0 aromatic carbocycles. The van der Waals surface area contributed by atoms with Gasteiger partial charge in [-0.1, -0.05) is 48.0 Å². The highest BCUT2D eigenvalue weighted by Crippen LogP contribution is 2.14. The molecule has 0 radical (unpaired) electrons. The van der Waals surface area contributed by atoms with Gasteiger partial charge in [0.15, 0.2) is 0 Å². The highest BCUT2D eigenvalue weighted by atomic mass is 14.9. The molecule has 1 unspecified atom stereocenters. The first kappa shape index (κ1) is 18.7. The van der Waals surface area contributed by atoms with E-state index in [1.807, 2.05) is 34.7 Å². The van der Waals surface area contributed by atoms with Gasteiger partial charge < -0.3 is 5.32 Å². The lowest BCUT2D eigenvalue weighted by Gasteiger charge is -2.26. The molecule has 0 aromatic heterocycles. The molecule has 13 heavy (non-hydrogen) atoms. The van der Waals surface area contributed by atoms with Crippen molar-refractivity contribution in [3.05, 3.63) is 0 Å². The molecule has 0 saturated heterocycles. The Morgan fingerprint density at radius 1 is 1.00 bits per heavy atom. The van der Waals surface area contributed by atoms with Crippen LogP contribution in [0, 0.1) is 0 Å². The smallest absolute Gasteiger partial charge is 0.0147 e. The van der Waals surface area contributed by atoms with Crippen LogP contribution in [0.25, 0.3) is 0 Å². The summed E-state index contributed by atoms with van der Waals surface area (Å²) in [6, 6.07) is 0. The van der Waals surface area contributed by atoms with Crippen LogP contribution in [0.1, 0.15) is 67.7 Å². The van der Waals surface area contributed by atoms with Gasteiger partial charge in [0.1, 0.15) is 0 Å². The molecule has 0 fully saturated rings. The van der Waals surface area contributed by atoms with Gasteiger partial charge in [-0.25, -0.2) is 0 Å².